The second-order valence-electron chi connectivity index (χ2n) is 4.85. The Bertz CT molecular complexity index is 298. The molecule has 0 saturated carbocycles. The number of hydrogen-bond donors (Lipinski definition) is 3. The Hall–Kier alpha value is -0.900. The van der Waals surface area contributed by atoms with Crippen molar-refractivity contribution in [2.24, 2.45) is 5.41 Å². The van der Waals surface area contributed by atoms with E-state index < -0.39 is 0 Å². The Balaban J connectivity index is 2.57. The van der Waals surface area contributed by atoms with Crippen molar-refractivity contribution in [2.45, 2.75) is 19.9 Å². The molecular weight excluding hydrogens is 202 g/mol. The van der Waals surface area contributed by atoms with Crippen LogP contribution in [0.2, 0.25) is 0 Å². The molecule has 0 aromatic heterocycles. The van der Waals surface area contributed by atoms with Gasteiger partial charge in [0.1, 0.15) is 0 Å². The van der Waals surface area contributed by atoms with Crippen LogP contribution in [0.1, 0.15) is 25.5 Å². The SMILES string of the molecule is CC(C)(CO)CNC(CO)c1ccccc1. The van der Waals surface area contributed by atoms with Crippen molar-refractivity contribution >= 4 is 0 Å². The molecule has 3 N–H and O–H groups in total. The third-order valence-electron chi connectivity index (χ3n) is 2.64. The van der Waals surface area contributed by atoms with Crippen LogP contribution < -0.4 is 5.32 Å². The summed E-state index contributed by atoms with van der Waals surface area (Å²) in [4.78, 5) is 0. The van der Waals surface area contributed by atoms with Crippen molar-refractivity contribution in [1.82, 2.24) is 5.32 Å². The fourth-order valence-corrected chi connectivity index (χ4v) is 1.43. The molecule has 0 aliphatic carbocycles. The van der Waals surface area contributed by atoms with E-state index in [1.54, 1.807) is 0 Å². The van der Waals surface area contributed by atoms with Gasteiger partial charge in [-0.1, -0.05) is 44.2 Å². The highest BCUT2D eigenvalue weighted by Crippen LogP contribution is 2.16. The van der Waals surface area contributed by atoms with Crippen LogP contribution in [0.25, 0.3) is 0 Å². The number of aliphatic hydroxyl groups excluding tert-OH is 2. The van der Waals surface area contributed by atoms with E-state index in [-0.39, 0.29) is 24.7 Å². The summed E-state index contributed by atoms with van der Waals surface area (Å²) in [6.45, 7) is 4.83. The molecule has 90 valence electrons. The maximum Gasteiger partial charge on any atom is 0.0626 e. The van der Waals surface area contributed by atoms with Crippen LogP contribution in [0.4, 0.5) is 0 Å². The Morgan fingerprint density at radius 3 is 2.31 bits per heavy atom. The minimum Gasteiger partial charge on any atom is -0.396 e. The summed E-state index contributed by atoms with van der Waals surface area (Å²) in [6, 6.07) is 9.77. The smallest absolute Gasteiger partial charge is 0.0626 e. The van der Waals surface area contributed by atoms with Crippen molar-refractivity contribution in [3.63, 3.8) is 0 Å². The molecule has 3 nitrogen and oxygen atoms in total. The number of nitrogens with one attached hydrogen (secondary N) is 1. The van der Waals surface area contributed by atoms with Gasteiger partial charge in [0.2, 0.25) is 0 Å². The zero-order valence-electron chi connectivity index (χ0n) is 9.98. The van der Waals surface area contributed by atoms with Crippen molar-refractivity contribution in [1.29, 1.82) is 0 Å². The first-order chi connectivity index (χ1) is 7.59. The molecule has 0 bridgehead atoms. The molecule has 1 aromatic carbocycles. The average molecular weight is 223 g/mol. The molecular formula is C13H21NO2. The molecule has 0 aliphatic heterocycles. The van der Waals surface area contributed by atoms with Gasteiger partial charge in [0.05, 0.1) is 12.6 Å². The molecule has 0 saturated heterocycles. The zero-order valence-corrected chi connectivity index (χ0v) is 9.98. The second-order valence-corrected chi connectivity index (χ2v) is 4.85. The molecule has 1 atom stereocenters. The maximum absolute atomic E-state index is 9.32. The van der Waals surface area contributed by atoms with Gasteiger partial charge in [-0.15, -0.1) is 0 Å². The fourth-order valence-electron chi connectivity index (χ4n) is 1.43. The summed E-state index contributed by atoms with van der Waals surface area (Å²) in [5, 5.41) is 21.7. The number of benzene rings is 1. The largest absolute Gasteiger partial charge is 0.396 e. The maximum atomic E-state index is 9.32. The van der Waals surface area contributed by atoms with Gasteiger partial charge in [-0.25, -0.2) is 0 Å². The Morgan fingerprint density at radius 1 is 1.19 bits per heavy atom. The quantitative estimate of drug-likeness (QED) is 0.682. The zero-order chi connectivity index (χ0) is 12.0. The summed E-state index contributed by atoms with van der Waals surface area (Å²) in [5.74, 6) is 0. The first-order valence-corrected chi connectivity index (χ1v) is 5.59. The lowest BCUT2D eigenvalue weighted by molar-refractivity contribution is 0.145. The minimum absolute atomic E-state index is 0.0610. The Kier molecular flexibility index (Phi) is 4.93. The highest BCUT2D eigenvalue weighted by Gasteiger charge is 2.18. The van der Waals surface area contributed by atoms with E-state index in [0.717, 1.165) is 5.56 Å². The first kappa shape index (κ1) is 13.2. The van der Waals surface area contributed by atoms with Crippen molar-refractivity contribution < 1.29 is 10.2 Å². The van der Waals surface area contributed by atoms with Crippen LogP contribution in [0.3, 0.4) is 0 Å². The number of hydrogen-bond acceptors (Lipinski definition) is 3. The fraction of sp³-hybridized carbons (Fsp3) is 0.538. The van der Waals surface area contributed by atoms with Crippen molar-refractivity contribution in [3.8, 4) is 0 Å². The van der Waals surface area contributed by atoms with E-state index in [9.17, 15) is 5.11 Å². The van der Waals surface area contributed by atoms with Crippen LogP contribution in [0, 0.1) is 5.41 Å². The third kappa shape index (κ3) is 3.93. The summed E-state index contributed by atoms with van der Waals surface area (Å²) >= 11 is 0. The standard InChI is InChI=1S/C13H21NO2/c1-13(2,10-16)9-14-12(8-15)11-6-4-3-5-7-11/h3-7,12,14-16H,8-10H2,1-2H3. The average Bonchev–Trinajstić information content (AvgIpc) is 2.31. The summed E-state index contributed by atoms with van der Waals surface area (Å²) in [7, 11) is 0. The summed E-state index contributed by atoms with van der Waals surface area (Å²) < 4.78 is 0. The van der Waals surface area contributed by atoms with Gasteiger partial charge >= 0.3 is 0 Å². The summed E-state index contributed by atoms with van der Waals surface area (Å²) in [5.41, 5.74) is 0.904. The highest BCUT2D eigenvalue weighted by atomic mass is 16.3. The molecule has 0 fully saturated rings. The predicted molar refractivity (Wildman–Crippen MR) is 65.1 cm³/mol. The predicted octanol–water partition coefficient (Wildman–Crippen LogP) is 1.33. The molecule has 0 radical (unpaired) electrons. The molecule has 3 heteroatoms. The highest BCUT2D eigenvalue weighted by molar-refractivity contribution is 5.18. The molecule has 0 aliphatic rings. The second kappa shape index (κ2) is 5.99. The molecule has 1 unspecified atom stereocenters. The minimum atomic E-state index is -0.164. The Labute approximate surface area is 97.1 Å². The topological polar surface area (TPSA) is 52.5 Å². The molecule has 0 spiro atoms. The van der Waals surface area contributed by atoms with Crippen LogP contribution in [0.15, 0.2) is 30.3 Å². The monoisotopic (exact) mass is 223 g/mol. The molecule has 16 heavy (non-hydrogen) atoms. The van der Waals surface area contributed by atoms with Gasteiger partial charge in [0.15, 0.2) is 0 Å². The van der Waals surface area contributed by atoms with Gasteiger partial charge < -0.3 is 15.5 Å². The number of rotatable bonds is 6. The van der Waals surface area contributed by atoms with E-state index in [1.807, 2.05) is 44.2 Å². The third-order valence-corrected chi connectivity index (χ3v) is 2.64. The molecule has 0 amide bonds. The van der Waals surface area contributed by atoms with Gasteiger partial charge in [0, 0.05) is 18.6 Å². The van der Waals surface area contributed by atoms with Gasteiger partial charge in [0.25, 0.3) is 0 Å². The van der Waals surface area contributed by atoms with E-state index in [1.165, 1.54) is 0 Å². The van der Waals surface area contributed by atoms with Crippen LogP contribution in [-0.2, 0) is 0 Å². The molecule has 1 aromatic rings. The van der Waals surface area contributed by atoms with Crippen LogP contribution in [-0.4, -0.2) is 30.0 Å². The van der Waals surface area contributed by atoms with E-state index >= 15 is 0 Å². The first-order valence-electron chi connectivity index (χ1n) is 5.59. The Morgan fingerprint density at radius 2 is 1.81 bits per heavy atom. The normalized spacial score (nSPS) is 13.8. The van der Waals surface area contributed by atoms with Crippen molar-refractivity contribution in [2.75, 3.05) is 19.8 Å². The van der Waals surface area contributed by atoms with E-state index in [0.29, 0.717) is 6.54 Å². The van der Waals surface area contributed by atoms with Gasteiger partial charge in [-0.05, 0) is 5.56 Å². The molecule has 0 heterocycles. The lowest BCUT2D eigenvalue weighted by Gasteiger charge is -2.26. The van der Waals surface area contributed by atoms with Crippen LogP contribution >= 0.6 is 0 Å². The van der Waals surface area contributed by atoms with Crippen LogP contribution in [0.5, 0.6) is 0 Å². The molecule has 1 rings (SSSR count). The van der Waals surface area contributed by atoms with E-state index in [2.05, 4.69) is 5.32 Å². The lowest BCUT2D eigenvalue weighted by atomic mass is 9.94. The van der Waals surface area contributed by atoms with Crippen molar-refractivity contribution in [3.05, 3.63) is 35.9 Å². The summed E-state index contributed by atoms with van der Waals surface area (Å²) in [6.07, 6.45) is 0. The van der Waals surface area contributed by atoms with E-state index in [4.69, 9.17) is 5.11 Å². The van der Waals surface area contributed by atoms with Gasteiger partial charge in [-0.3, -0.25) is 0 Å². The van der Waals surface area contributed by atoms with Gasteiger partial charge in [-0.2, -0.15) is 0 Å². The number of aliphatic hydroxyl groups is 2. The lowest BCUT2D eigenvalue weighted by Crippen LogP contribution is -2.35.